The lowest BCUT2D eigenvalue weighted by atomic mass is 10.2. The number of aromatic nitrogens is 2. The second kappa shape index (κ2) is 5.03. The SMILES string of the molecule is O=C(O)c1cc(NC(=O)c2ccc(F)c(F)c2F)n[nH]1. The molecule has 1 aromatic heterocycles. The van der Waals surface area contributed by atoms with Gasteiger partial charge in [-0.05, 0) is 12.1 Å². The third-order valence-electron chi connectivity index (χ3n) is 2.33. The predicted molar refractivity (Wildman–Crippen MR) is 59.8 cm³/mol. The van der Waals surface area contributed by atoms with Crippen LogP contribution >= 0.6 is 0 Å². The maximum absolute atomic E-state index is 13.4. The molecule has 9 heteroatoms. The molecule has 0 unspecified atom stereocenters. The Hall–Kier alpha value is -2.84. The summed E-state index contributed by atoms with van der Waals surface area (Å²) in [4.78, 5) is 22.2. The van der Waals surface area contributed by atoms with Crippen LogP contribution in [-0.4, -0.2) is 27.2 Å². The standard InChI is InChI=1S/C11H6F3N3O3/c12-5-2-1-4(8(13)9(5)14)10(18)15-7-3-6(11(19)20)16-17-7/h1-3H,(H,19,20)(H2,15,16,17,18). The number of carboxylic acids is 1. The fourth-order valence-electron chi connectivity index (χ4n) is 1.38. The Morgan fingerprint density at radius 2 is 1.90 bits per heavy atom. The minimum Gasteiger partial charge on any atom is -0.477 e. The van der Waals surface area contributed by atoms with Crippen LogP contribution in [-0.2, 0) is 0 Å². The molecule has 104 valence electrons. The largest absolute Gasteiger partial charge is 0.477 e. The van der Waals surface area contributed by atoms with E-state index in [-0.39, 0.29) is 11.5 Å². The molecule has 0 fully saturated rings. The van der Waals surface area contributed by atoms with E-state index in [1.54, 1.807) is 0 Å². The molecule has 3 N–H and O–H groups in total. The van der Waals surface area contributed by atoms with Crippen LogP contribution in [0.4, 0.5) is 19.0 Å². The van der Waals surface area contributed by atoms with Gasteiger partial charge in [0.1, 0.15) is 5.69 Å². The Morgan fingerprint density at radius 3 is 2.50 bits per heavy atom. The van der Waals surface area contributed by atoms with Crippen LogP contribution in [0.2, 0.25) is 0 Å². The van der Waals surface area contributed by atoms with Gasteiger partial charge in [-0.1, -0.05) is 0 Å². The third kappa shape index (κ3) is 2.46. The van der Waals surface area contributed by atoms with Crippen molar-refractivity contribution in [2.24, 2.45) is 0 Å². The monoisotopic (exact) mass is 285 g/mol. The number of nitrogens with one attached hydrogen (secondary N) is 2. The van der Waals surface area contributed by atoms with Gasteiger partial charge in [0.2, 0.25) is 0 Å². The van der Waals surface area contributed by atoms with Gasteiger partial charge in [0.15, 0.2) is 23.3 Å². The topological polar surface area (TPSA) is 95.1 Å². The van der Waals surface area contributed by atoms with Gasteiger partial charge >= 0.3 is 5.97 Å². The number of anilines is 1. The van der Waals surface area contributed by atoms with Crippen molar-refractivity contribution in [1.82, 2.24) is 10.2 Å². The van der Waals surface area contributed by atoms with E-state index in [0.29, 0.717) is 6.07 Å². The molecule has 2 rings (SSSR count). The Balaban J connectivity index is 2.24. The second-order valence-corrected chi connectivity index (χ2v) is 3.65. The fourth-order valence-corrected chi connectivity index (χ4v) is 1.38. The molecular weight excluding hydrogens is 279 g/mol. The Labute approximate surface area is 109 Å². The average molecular weight is 285 g/mol. The number of H-pyrrole nitrogens is 1. The number of benzene rings is 1. The summed E-state index contributed by atoms with van der Waals surface area (Å²) in [6.07, 6.45) is 0. The first-order valence-electron chi connectivity index (χ1n) is 5.13. The van der Waals surface area contributed by atoms with Gasteiger partial charge in [0.05, 0.1) is 5.56 Å². The summed E-state index contributed by atoms with van der Waals surface area (Å²) in [5.41, 5.74) is -1.03. The normalized spacial score (nSPS) is 10.3. The quantitative estimate of drug-likeness (QED) is 0.749. The molecule has 1 amide bonds. The number of rotatable bonds is 3. The van der Waals surface area contributed by atoms with E-state index in [1.807, 2.05) is 5.32 Å². The van der Waals surface area contributed by atoms with Crippen molar-refractivity contribution >= 4 is 17.7 Å². The number of carbonyl (C=O) groups is 2. The Bertz CT molecular complexity index is 699. The molecular formula is C11H6F3N3O3. The summed E-state index contributed by atoms with van der Waals surface area (Å²) in [5, 5.41) is 16.2. The van der Waals surface area contributed by atoms with Crippen LogP contribution in [0.5, 0.6) is 0 Å². The lowest BCUT2D eigenvalue weighted by Crippen LogP contribution is -2.15. The highest BCUT2D eigenvalue weighted by Gasteiger charge is 2.19. The van der Waals surface area contributed by atoms with E-state index in [1.165, 1.54) is 0 Å². The van der Waals surface area contributed by atoms with E-state index in [9.17, 15) is 22.8 Å². The number of aromatic carboxylic acids is 1. The molecule has 0 aliphatic carbocycles. The number of aromatic amines is 1. The van der Waals surface area contributed by atoms with Crippen molar-refractivity contribution in [3.8, 4) is 0 Å². The van der Waals surface area contributed by atoms with E-state index < -0.39 is 34.9 Å². The molecule has 1 aromatic carbocycles. The molecule has 20 heavy (non-hydrogen) atoms. The molecule has 0 spiro atoms. The third-order valence-corrected chi connectivity index (χ3v) is 2.33. The number of halogens is 3. The van der Waals surface area contributed by atoms with Gasteiger partial charge in [-0.25, -0.2) is 18.0 Å². The first-order chi connectivity index (χ1) is 9.40. The average Bonchev–Trinajstić information content (AvgIpc) is 2.84. The van der Waals surface area contributed by atoms with E-state index in [2.05, 4.69) is 10.2 Å². The minimum absolute atomic E-state index is 0.198. The summed E-state index contributed by atoms with van der Waals surface area (Å²) >= 11 is 0. The second-order valence-electron chi connectivity index (χ2n) is 3.65. The van der Waals surface area contributed by atoms with E-state index in [4.69, 9.17) is 5.11 Å². The van der Waals surface area contributed by atoms with Crippen LogP contribution in [0.1, 0.15) is 20.8 Å². The van der Waals surface area contributed by atoms with Crippen molar-refractivity contribution in [3.63, 3.8) is 0 Å². The molecule has 1 heterocycles. The first-order valence-corrected chi connectivity index (χ1v) is 5.13. The number of nitrogens with zero attached hydrogens (tertiary/aromatic N) is 1. The minimum atomic E-state index is -1.77. The fraction of sp³-hybridized carbons (Fsp3) is 0. The summed E-state index contributed by atoms with van der Waals surface area (Å²) in [6.45, 7) is 0. The zero-order valence-electron chi connectivity index (χ0n) is 9.58. The predicted octanol–water partition coefficient (Wildman–Crippen LogP) is 1.78. The van der Waals surface area contributed by atoms with Crippen molar-refractivity contribution in [2.45, 2.75) is 0 Å². The number of amides is 1. The summed E-state index contributed by atoms with van der Waals surface area (Å²) in [6, 6.07) is 2.34. The molecule has 0 saturated heterocycles. The number of carboxylic acid groups (broad SMARTS) is 1. The maximum atomic E-state index is 13.4. The Morgan fingerprint density at radius 1 is 1.20 bits per heavy atom. The number of hydrogen-bond donors (Lipinski definition) is 3. The highest BCUT2D eigenvalue weighted by atomic mass is 19.2. The lowest BCUT2D eigenvalue weighted by molar-refractivity contribution is 0.0690. The van der Waals surface area contributed by atoms with Crippen LogP contribution in [0.25, 0.3) is 0 Å². The van der Waals surface area contributed by atoms with Crippen molar-refractivity contribution in [1.29, 1.82) is 0 Å². The van der Waals surface area contributed by atoms with Gasteiger partial charge in [-0.15, -0.1) is 0 Å². The molecule has 0 aliphatic rings. The maximum Gasteiger partial charge on any atom is 0.353 e. The first kappa shape index (κ1) is 13.6. The van der Waals surface area contributed by atoms with Crippen molar-refractivity contribution in [3.05, 3.63) is 46.9 Å². The van der Waals surface area contributed by atoms with E-state index >= 15 is 0 Å². The molecule has 6 nitrogen and oxygen atoms in total. The highest BCUT2D eigenvalue weighted by Crippen LogP contribution is 2.16. The van der Waals surface area contributed by atoms with E-state index in [0.717, 1.165) is 12.1 Å². The zero-order chi connectivity index (χ0) is 14.9. The number of hydrogen-bond acceptors (Lipinski definition) is 3. The smallest absolute Gasteiger partial charge is 0.353 e. The summed E-state index contributed by atoms with van der Waals surface area (Å²) in [7, 11) is 0. The van der Waals surface area contributed by atoms with Gasteiger partial charge in [0.25, 0.3) is 5.91 Å². The van der Waals surface area contributed by atoms with Gasteiger partial charge in [0, 0.05) is 6.07 Å². The van der Waals surface area contributed by atoms with Crippen LogP contribution in [0.3, 0.4) is 0 Å². The number of carbonyl (C=O) groups excluding carboxylic acids is 1. The molecule has 0 atom stereocenters. The Kier molecular flexibility index (Phi) is 3.42. The lowest BCUT2D eigenvalue weighted by Gasteiger charge is -2.04. The molecule has 0 aliphatic heterocycles. The van der Waals surface area contributed by atoms with Crippen molar-refractivity contribution < 1.29 is 27.9 Å². The van der Waals surface area contributed by atoms with Crippen molar-refractivity contribution in [2.75, 3.05) is 5.32 Å². The van der Waals surface area contributed by atoms with Gasteiger partial charge in [-0.3, -0.25) is 9.89 Å². The van der Waals surface area contributed by atoms with Crippen LogP contribution in [0, 0.1) is 17.5 Å². The van der Waals surface area contributed by atoms with Gasteiger partial charge in [-0.2, -0.15) is 5.10 Å². The highest BCUT2D eigenvalue weighted by molar-refractivity contribution is 6.04. The van der Waals surface area contributed by atoms with Gasteiger partial charge < -0.3 is 10.4 Å². The van der Waals surface area contributed by atoms with Crippen LogP contribution < -0.4 is 5.32 Å². The summed E-state index contributed by atoms with van der Waals surface area (Å²) < 4.78 is 39.0. The molecule has 0 saturated carbocycles. The molecule has 0 bridgehead atoms. The summed E-state index contributed by atoms with van der Waals surface area (Å²) in [5.74, 6) is -7.44. The van der Waals surface area contributed by atoms with Crippen LogP contribution in [0.15, 0.2) is 18.2 Å². The molecule has 0 radical (unpaired) electrons. The molecule has 2 aromatic rings. The zero-order valence-corrected chi connectivity index (χ0v) is 9.58.